The Kier molecular flexibility index (Phi) is 9.76. The van der Waals surface area contributed by atoms with E-state index in [0.29, 0.717) is 50.3 Å². The van der Waals surface area contributed by atoms with E-state index >= 15 is 0 Å². The van der Waals surface area contributed by atoms with E-state index in [1.165, 1.54) is 0 Å². The second-order valence-electron chi connectivity index (χ2n) is 10.1. The van der Waals surface area contributed by atoms with Gasteiger partial charge in [0.1, 0.15) is 24.3 Å². The van der Waals surface area contributed by atoms with Crippen molar-refractivity contribution < 1.29 is 24.1 Å². The molecule has 2 aliphatic rings. The highest BCUT2D eigenvalue weighted by Gasteiger charge is 2.31. The van der Waals surface area contributed by atoms with Gasteiger partial charge in [0.05, 0.1) is 6.61 Å². The number of rotatable bonds is 10. The molecule has 2 N–H and O–H groups in total. The van der Waals surface area contributed by atoms with Gasteiger partial charge in [0.2, 0.25) is 0 Å². The first-order valence-corrected chi connectivity index (χ1v) is 13.6. The third-order valence-corrected chi connectivity index (χ3v) is 7.13. The number of hydrogen-bond acceptors (Lipinski definition) is 9. The number of benzene rings is 1. The molecule has 208 valence electrons. The Hall–Kier alpha value is -2.95. The van der Waals surface area contributed by atoms with Crippen molar-refractivity contribution >= 4 is 11.9 Å². The second kappa shape index (κ2) is 13.2. The fourth-order valence-corrected chi connectivity index (χ4v) is 5.04. The normalized spacial score (nSPS) is 20.4. The molecule has 1 unspecified atom stereocenters. The van der Waals surface area contributed by atoms with Crippen LogP contribution in [0.15, 0.2) is 24.3 Å². The molecule has 0 spiro atoms. The summed E-state index contributed by atoms with van der Waals surface area (Å²) in [6, 6.07) is 7.69. The van der Waals surface area contributed by atoms with Crippen LogP contribution in [-0.4, -0.2) is 97.9 Å². The lowest BCUT2D eigenvalue weighted by molar-refractivity contribution is 0.0890. The number of carbonyl (C=O) groups excluding carboxylic acids is 1. The highest BCUT2D eigenvalue weighted by molar-refractivity contribution is 5.69. The van der Waals surface area contributed by atoms with Crippen LogP contribution in [0, 0.1) is 12.8 Å². The zero-order chi connectivity index (χ0) is 27.1. The standard InChI is InChI=1S/C28H41N5O5/c1-5-37-28(35)33-11-10-32(16-19(33)2)27-20(3)25(13-21-9-12-36-17-21)30-26(31-27)22-7-6-8-24(14-22)38-18-23(34)15-29-4/h6-8,14,19,21,23,29,34H,5,9-13,15-18H2,1-4H3/t19-,21+,23?/m1/s1. The number of nitrogens with zero attached hydrogens (tertiary/aromatic N) is 4. The number of likely N-dealkylation sites (N-methyl/N-ethyl adjacent to an activating group) is 1. The van der Waals surface area contributed by atoms with Gasteiger partial charge in [0.25, 0.3) is 0 Å². The summed E-state index contributed by atoms with van der Waals surface area (Å²) in [5.41, 5.74) is 2.95. The van der Waals surface area contributed by atoms with Crippen molar-refractivity contribution in [2.45, 2.75) is 45.8 Å². The SMILES string of the molecule is CCOC(=O)N1CCN(c2nc(-c3cccc(OCC(O)CNC)c3)nc(C[C@@H]3CCOC3)c2C)C[C@H]1C. The van der Waals surface area contributed by atoms with Crippen LogP contribution < -0.4 is 15.0 Å². The number of hydrogen-bond donors (Lipinski definition) is 2. The molecule has 4 rings (SSSR count). The summed E-state index contributed by atoms with van der Waals surface area (Å²) in [7, 11) is 1.79. The van der Waals surface area contributed by atoms with Crippen molar-refractivity contribution in [3.63, 3.8) is 0 Å². The Morgan fingerprint density at radius 2 is 2.16 bits per heavy atom. The topological polar surface area (TPSA) is 109 Å². The first-order chi connectivity index (χ1) is 18.4. The lowest BCUT2D eigenvalue weighted by Gasteiger charge is -2.40. The summed E-state index contributed by atoms with van der Waals surface area (Å²) in [6.07, 6.45) is 1.00. The van der Waals surface area contributed by atoms with E-state index in [2.05, 4.69) is 17.1 Å². The molecule has 38 heavy (non-hydrogen) atoms. The molecule has 2 aliphatic heterocycles. The van der Waals surface area contributed by atoms with Crippen LogP contribution in [0.25, 0.3) is 11.4 Å². The number of piperazine rings is 1. The minimum atomic E-state index is -0.596. The minimum Gasteiger partial charge on any atom is -0.491 e. The molecule has 0 saturated carbocycles. The van der Waals surface area contributed by atoms with Crippen molar-refractivity contribution in [1.29, 1.82) is 0 Å². The van der Waals surface area contributed by atoms with Crippen LogP contribution in [0.4, 0.5) is 10.6 Å². The molecule has 10 nitrogen and oxygen atoms in total. The molecule has 1 aromatic carbocycles. The third-order valence-electron chi connectivity index (χ3n) is 7.13. The largest absolute Gasteiger partial charge is 0.491 e. The van der Waals surface area contributed by atoms with E-state index in [1.807, 2.05) is 38.1 Å². The molecule has 0 aliphatic carbocycles. The summed E-state index contributed by atoms with van der Waals surface area (Å²) in [5.74, 6) is 2.63. The summed E-state index contributed by atoms with van der Waals surface area (Å²) in [4.78, 5) is 26.5. The Morgan fingerprint density at radius 3 is 2.87 bits per heavy atom. The quantitative estimate of drug-likeness (QED) is 0.482. The molecule has 1 amide bonds. The molecular weight excluding hydrogens is 486 g/mol. The molecule has 3 atom stereocenters. The molecule has 2 saturated heterocycles. The smallest absolute Gasteiger partial charge is 0.410 e. The number of nitrogens with one attached hydrogen (secondary N) is 1. The van der Waals surface area contributed by atoms with Gasteiger partial charge >= 0.3 is 6.09 Å². The minimum absolute atomic E-state index is 0.00642. The maximum Gasteiger partial charge on any atom is 0.410 e. The van der Waals surface area contributed by atoms with E-state index in [9.17, 15) is 9.90 Å². The van der Waals surface area contributed by atoms with Crippen LogP contribution in [0.5, 0.6) is 5.75 Å². The number of carbonyl (C=O) groups is 1. The van der Waals surface area contributed by atoms with Gasteiger partial charge in [-0.25, -0.2) is 14.8 Å². The van der Waals surface area contributed by atoms with Crippen molar-refractivity contribution in [2.24, 2.45) is 5.92 Å². The lowest BCUT2D eigenvalue weighted by atomic mass is 9.99. The Balaban J connectivity index is 1.61. The number of anilines is 1. The number of ether oxygens (including phenoxy) is 3. The Bertz CT molecular complexity index is 1080. The molecule has 2 aromatic rings. The second-order valence-corrected chi connectivity index (χ2v) is 10.1. The zero-order valence-corrected chi connectivity index (χ0v) is 23.0. The summed E-state index contributed by atoms with van der Waals surface area (Å²) in [6.45, 7) is 10.4. The maximum atomic E-state index is 12.4. The average molecular weight is 528 g/mol. The zero-order valence-electron chi connectivity index (χ0n) is 23.0. The van der Waals surface area contributed by atoms with Crippen molar-refractivity contribution in [1.82, 2.24) is 20.2 Å². The predicted octanol–water partition coefficient (Wildman–Crippen LogP) is 2.66. The molecule has 0 radical (unpaired) electrons. The van der Waals surface area contributed by atoms with E-state index < -0.39 is 6.10 Å². The fourth-order valence-electron chi connectivity index (χ4n) is 5.04. The van der Waals surface area contributed by atoms with Gasteiger partial charge in [0, 0.05) is 62.3 Å². The molecule has 1 aromatic heterocycles. The average Bonchev–Trinajstić information content (AvgIpc) is 3.42. The van der Waals surface area contributed by atoms with Crippen LogP contribution >= 0.6 is 0 Å². The highest BCUT2D eigenvalue weighted by atomic mass is 16.6. The van der Waals surface area contributed by atoms with Crippen LogP contribution in [0.3, 0.4) is 0 Å². The number of aromatic nitrogens is 2. The van der Waals surface area contributed by atoms with Gasteiger partial charge in [0.15, 0.2) is 5.82 Å². The first kappa shape index (κ1) is 28.1. The third kappa shape index (κ3) is 6.92. The fraction of sp³-hybridized carbons (Fsp3) is 0.607. The number of aliphatic hydroxyl groups excluding tert-OH is 1. The van der Waals surface area contributed by atoms with Gasteiger partial charge < -0.3 is 34.4 Å². The first-order valence-electron chi connectivity index (χ1n) is 13.6. The summed E-state index contributed by atoms with van der Waals surface area (Å²) >= 11 is 0. The molecule has 3 heterocycles. The van der Waals surface area contributed by atoms with Crippen molar-refractivity contribution in [2.75, 3.05) is 64.6 Å². The number of amides is 1. The predicted molar refractivity (Wildman–Crippen MR) is 146 cm³/mol. The molecule has 0 bridgehead atoms. The van der Waals surface area contributed by atoms with Gasteiger partial charge in [-0.3, -0.25) is 0 Å². The van der Waals surface area contributed by atoms with Gasteiger partial charge in [-0.05, 0) is 58.7 Å². The van der Waals surface area contributed by atoms with E-state index in [-0.39, 0.29) is 18.7 Å². The van der Waals surface area contributed by atoms with E-state index in [0.717, 1.165) is 48.7 Å². The molecule has 2 fully saturated rings. The van der Waals surface area contributed by atoms with E-state index in [4.69, 9.17) is 24.2 Å². The Labute approximate surface area is 225 Å². The van der Waals surface area contributed by atoms with Crippen LogP contribution in [0.2, 0.25) is 0 Å². The highest BCUT2D eigenvalue weighted by Crippen LogP contribution is 2.30. The maximum absolute atomic E-state index is 12.4. The van der Waals surface area contributed by atoms with Crippen LogP contribution in [-0.2, 0) is 15.9 Å². The van der Waals surface area contributed by atoms with E-state index in [1.54, 1.807) is 11.9 Å². The summed E-state index contributed by atoms with van der Waals surface area (Å²) < 4.78 is 16.7. The molecular formula is C28H41N5O5. The van der Waals surface area contributed by atoms with Gasteiger partial charge in [-0.1, -0.05) is 12.1 Å². The summed E-state index contributed by atoms with van der Waals surface area (Å²) in [5, 5.41) is 13.0. The van der Waals surface area contributed by atoms with Gasteiger partial charge in [-0.2, -0.15) is 0 Å². The van der Waals surface area contributed by atoms with Crippen molar-refractivity contribution in [3.05, 3.63) is 35.5 Å². The van der Waals surface area contributed by atoms with Gasteiger partial charge in [-0.15, -0.1) is 0 Å². The lowest BCUT2D eigenvalue weighted by Crippen LogP contribution is -2.54. The van der Waals surface area contributed by atoms with Crippen LogP contribution in [0.1, 0.15) is 31.5 Å². The Morgan fingerprint density at radius 1 is 1.32 bits per heavy atom. The monoisotopic (exact) mass is 527 g/mol. The molecule has 10 heteroatoms. The van der Waals surface area contributed by atoms with Crippen molar-refractivity contribution in [3.8, 4) is 17.1 Å². The number of aliphatic hydroxyl groups is 1.